The molecule has 3 rings (SSSR count). The fourth-order valence-corrected chi connectivity index (χ4v) is 2.42. The first-order chi connectivity index (χ1) is 10.6. The highest BCUT2D eigenvalue weighted by atomic mass is 16.3. The molecule has 0 spiro atoms. The molecule has 0 radical (unpaired) electrons. The zero-order chi connectivity index (χ0) is 15.7. The van der Waals surface area contributed by atoms with Gasteiger partial charge in [-0.25, -0.2) is 9.55 Å². The zero-order valence-electron chi connectivity index (χ0n) is 12.0. The van der Waals surface area contributed by atoms with Crippen LogP contribution in [0.15, 0.2) is 53.3 Å². The second-order valence-corrected chi connectivity index (χ2v) is 5.05. The molecule has 2 aromatic carbocycles. The first-order valence-electron chi connectivity index (χ1n) is 6.86. The third kappa shape index (κ3) is 2.48. The quantitative estimate of drug-likeness (QED) is 0.787. The van der Waals surface area contributed by atoms with Gasteiger partial charge in [-0.1, -0.05) is 24.3 Å². The first kappa shape index (κ1) is 14.0. The summed E-state index contributed by atoms with van der Waals surface area (Å²) in [5.41, 5.74) is 1.07. The lowest BCUT2D eigenvalue weighted by molar-refractivity contribution is 0.0928. The molecule has 110 valence electrons. The van der Waals surface area contributed by atoms with Crippen LogP contribution in [0.3, 0.4) is 0 Å². The largest absolute Gasteiger partial charge is 0.508 e. The Morgan fingerprint density at radius 1 is 1.14 bits per heavy atom. The number of aromatic hydroxyl groups is 1. The molecule has 0 bridgehead atoms. The summed E-state index contributed by atoms with van der Waals surface area (Å²) >= 11 is 0. The molecule has 0 fully saturated rings. The maximum Gasteiger partial charge on any atom is 0.268 e. The van der Waals surface area contributed by atoms with Crippen molar-refractivity contribution in [2.45, 2.75) is 13.3 Å². The molecule has 1 aromatic heterocycles. The Labute approximate surface area is 126 Å². The van der Waals surface area contributed by atoms with E-state index in [2.05, 4.69) is 4.98 Å². The van der Waals surface area contributed by atoms with Crippen LogP contribution < -0.4 is 5.56 Å². The Bertz CT molecular complexity index is 911. The number of para-hydroxylation sites is 1. The topological polar surface area (TPSA) is 72.2 Å². The number of phenols is 1. The van der Waals surface area contributed by atoms with Gasteiger partial charge in [0, 0.05) is 13.3 Å². The average molecular weight is 294 g/mol. The van der Waals surface area contributed by atoms with E-state index in [1.54, 1.807) is 48.5 Å². The van der Waals surface area contributed by atoms with Crippen molar-refractivity contribution < 1.29 is 9.90 Å². The second-order valence-electron chi connectivity index (χ2n) is 5.05. The predicted octanol–water partition coefficient (Wildman–Crippen LogP) is 2.35. The normalized spacial score (nSPS) is 10.8. The van der Waals surface area contributed by atoms with Gasteiger partial charge in [0.1, 0.15) is 11.6 Å². The highest BCUT2D eigenvalue weighted by Gasteiger charge is 2.14. The summed E-state index contributed by atoms with van der Waals surface area (Å²) in [6, 6.07) is 13.6. The van der Waals surface area contributed by atoms with Crippen LogP contribution in [0.1, 0.15) is 23.1 Å². The Morgan fingerprint density at radius 2 is 1.82 bits per heavy atom. The third-order valence-corrected chi connectivity index (χ3v) is 3.46. The van der Waals surface area contributed by atoms with E-state index in [1.165, 1.54) is 6.92 Å². The number of carbonyl (C=O) groups excluding carboxylic acids is 1. The molecule has 1 N–H and O–H groups in total. The fraction of sp³-hybridized carbons (Fsp3) is 0.118. The third-order valence-electron chi connectivity index (χ3n) is 3.46. The number of phenolic OH excluding ortho intramolecular Hbond substituents is 1. The number of nitrogens with zero attached hydrogens (tertiary/aromatic N) is 2. The van der Waals surface area contributed by atoms with E-state index in [0.29, 0.717) is 23.1 Å². The van der Waals surface area contributed by atoms with E-state index in [0.717, 1.165) is 10.1 Å². The molecular weight excluding hydrogens is 280 g/mol. The molecule has 0 aliphatic heterocycles. The van der Waals surface area contributed by atoms with Crippen LogP contribution in [0.4, 0.5) is 0 Å². The van der Waals surface area contributed by atoms with Crippen molar-refractivity contribution in [3.63, 3.8) is 0 Å². The fourth-order valence-electron chi connectivity index (χ4n) is 2.42. The zero-order valence-corrected chi connectivity index (χ0v) is 12.0. The van der Waals surface area contributed by atoms with Gasteiger partial charge in [-0.05, 0) is 29.8 Å². The lowest BCUT2D eigenvalue weighted by atomic mass is 10.1. The maximum atomic E-state index is 12.5. The predicted molar refractivity (Wildman–Crippen MR) is 83.2 cm³/mol. The van der Waals surface area contributed by atoms with Crippen molar-refractivity contribution >= 4 is 16.8 Å². The lowest BCUT2D eigenvalue weighted by Gasteiger charge is -2.10. The lowest BCUT2D eigenvalue weighted by Crippen LogP contribution is -2.29. The summed E-state index contributed by atoms with van der Waals surface area (Å²) in [5, 5.41) is 9.75. The monoisotopic (exact) mass is 294 g/mol. The van der Waals surface area contributed by atoms with Crippen molar-refractivity contribution in [3.8, 4) is 5.75 Å². The van der Waals surface area contributed by atoms with Crippen molar-refractivity contribution in [3.05, 3.63) is 70.3 Å². The van der Waals surface area contributed by atoms with E-state index >= 15 is 0 Å². The molecule has 0 unspecified atom stereocenters. The molecule has 0 aliphatic carbocycles. The molecule has 0 aliphatic rings. The van der Waals surface area contributed by atoms with Gasteiger partial charge in [0.05, 0.1) is 10.9 Å². The Hall–Kier alpha value is -2.95. The first-order valence-corrected chi connectivity index (χ1v) is 6.86. The van der Waals surface area contributed by atoms with E-state index in [1.807, 2.05) is 0 Å². The molecule has 22 heavy (non-hydrogen) atoms. The summed E-state index contributed by atoms with van der Waals surface area (Å²) in [6.45, 7) is 1.35. The smallest absolute Gasteiger partial charge is 0.268 e. The van der Waals surface area contributed by atoms with Crippen molar-refractivity contribution in [1.82, 2.24) is 9.55 Å². The average Bonchev–Trinajstić information content (AvgIpc) is 2.49. The van der Waals surface area contributed by atoms with Gasteiger partial charge in [0.2, 0.25) is 5.91 Å². The van der Waals surface area contributed by atoms with Crippen molar-refractivity contribution in [2.75, 3.05) is 0 Å². The maximum absolute atomic E-state index is 12.5. The molecule has 0 saturated heterocycles. The van der Waals surface area contributed by atoms with Gasteiger partial charge in [-0.2, -0.15) is 0 Å². The summed E-state index contributed by atoms with van der Waals surface area (Å²) in [7, 11) is 0. The van der Waals surface area contributed by atoms with Crippen LogP contribution in [0.5, 0.6) is 5.75 Å². The SMILES string of the molecule is CC(=O)n1c(Cc2ccc(O)cc2)nc2ccccc2c1=O. The summed E-state index contributed by atoms with van der Waals surface area (Å²) < 4.78 is 1.11. The molecule has 1 heterocycles. The number of benzene rings is 2. The van der Waals surface area contributed by atoms with Crippen LogP contribution in [0.25, 0.3) is 10.9 Å². The van der Waals surface area contributed by atoms with Crippen molar-refractivity contribution in [2.24, 2.45) is 0 Å². The van der Waals surface area contributed by atoms with Crippen LogP contribution in [-0.2, 0) is 6.42 Å². The molecule has 3 aromatic rings. The van der Waals surface area contributed by atoms with Crippen LogP contribution in [0.2, 0.25) is 0 Å². The number of aromatic nitrogens is 2. The summed E-state index contributed by atoms with van der Waals surface area (Å²) in [6.07, 6.45) is 0.333. The molecule has 0 atom stereocenters. The highest BCUT2D eigenvalue weighted by Crippen LogP contribution is 2.14. The summed E-state index contributed by atoms with van der Waals surface area (Å²) in [5.74, 6) is 0.193. The minimum atomic E-state index is -0.364. The molecular formula is C17H14N2O3. The van der Waals surface area contributed by atoms with Crippen molar-refractivity contribution in [1.29, 1.82) is 0 Å². The van der Waals surface area contributed by atoms with Gasteiger partial charge in [0.15, 0.2) is 0 Å². The minimum absolute atomic E-state index is 0.166. The standard InChI is InChI=1S/C17H14N2O3/c1-11(20)19-16(10-12-6-8-13(21)9-7-12)18-15-5-3-2-4-14(15)17(19)22/h2-9,21H,10H2,1H3. The van der Waals surface area contributed by atoms with Gasteiger partial charge < -0.3 is 5.11 Å². The van der Waals surface area contributed by atoms with Crippen LogP contribution in [0, 0.1) is 0 Å². The van der Waals surface area contributed by atoms with E-state index in [-0.39, 0.29) is 17.2 Å². The highest BCUT2D eigenvalue weighted by molar-refractivity contribution is 5.83. The Balaban J connectivity index is 2.19. The van der Waals surface area contributed by atoms with Crippen LogP contribution in [-0.4, -0.2) is 20.6 Å². The second kappa shape index (κ2) is 5.44. The number of fused-ring (bicyclic) bond motifs is 1. The summed E-state index contributed by atoms with van der Waals surface area (Å²) in [4.78, 5) is 28.8. The van der Waals surface area contributed by atoms with E-state index in [4.69, 9.17) is 0 Å². The van der Waals surface area contributed by atoms with Gasteiger partial charge in [0.25, 0.3) is 5.56 Å². The van der Waals surface area contributed by atoms with Gasteiger partial charge in [-0.3, -0.25) is 9.59 Å². The minimum Gasteiger partial charge on any atom is -0.508 e. The van der Waals surface area contributed by atoms with Gasteiger partial charge >= 0.3 is 0 Å². The van der Waals surface area contributed by atoms with E-state index < -0.39 is 0 Å². The molecule has 5 heteroatoms. The van der Waals surface area contributed by atoms with E-state index in [9.17, 15) is 14.7 Å². The number of hydrogen-bond acceptors (Lipinski definition) is 4. The number of carbonyl (C=O) groups is 1. The molecule has 5 nitrogen and oxygen atoms in total. The molecule has 0 amide bonds. The van der Waals surface area contributed by atoms with Gasteiger partial charge in [-0.15, -0.1) is 0 Å². The van der Waals surface area contributed by atoms with Crippen LogP contribution >= 0.6 is 0 Å². The number of rotatable bonds is 2. The Kier molecular flexibility index (Phi) is 3.47. The number of hydrogen-bond donors (Lipinski definition) is 1. The molecule has 0 saturated carbocycles. The Morgan fingerprint density at radius 3 is 2.50 bits per heavy atom.